The summed E-state index contributed by atoms with van der Waals surface area (Å²) in [5.74, 6) is 0.201. The molecule has 122 valence electrons. The summed E-state index contributed by atoms with van der Waals surface area (Å²) < 4.78 is 14.4. The third-order valence-electron chi connectivity index (χ3n) is 3.41. The topological polar surface area (TPSA) is 72.7 Å². The maximum Gasteiger partial charge on any atom is 0.266 e. The van der Waals surface area contributed by atoms with Crippen LogP contribution in [0.2, 0.25) is 0 Å². The van der Waals surface area contributed by atoms with E-state index >= 15 is 0 Å². The average Bonchev–Trinajstić information content (AvgIpc) is 2.57. The highest BCUT2D eigenvalue weighted by Gasteiger charge is 2.04. The van der Waals surface area contributed by atoms with Crippen LogP contribution in [0.25, 0.3) is 11.3 Å². The van der Waals surface area contributed by atoms with Gasteiger partial charge < -0.3 is 5.32 Å². The summed E-state index contributed by atoms with van der Waals surface area (Å²) in [6.07, 6.45) is 1.67. The molecule has 0 unspecified atom stereocenters. The molecule has 1 aromatic carbocycles. The number of nitrogens with one attached hydrogen (secondary N) is 1. The Bertz CT molecular complexity index is 892. The van der Waals surface area contributed by atoms with E-state index in [1.807, 2.05) is 13.0 Å². The Balaban J connectivity index is 1.72. The molecule has 0 atom stereocenters. The van der Waals surface area contributed by atoms with Gasteiger partial charge in [-0.1, -0.05) is 0 Å². The molecule has 0 aliphatic rings. The fraction of sp³-hybridized carbons (Fsp3) is 0.176. The van der Waals surface area contributed by atoms with Gasteiger partial charge in [-0.25, -0.2) is 19.0 Å². The number of hydrogen-bond acceptors (Lipinski definition) is 5. The largest absolute Gasteiger partial charge is 0.352 e. The van der Waals surface area contributed by atoms with E-state index in [9.17, 15) is 9.18 Å². The zero-order chi connectivity index (χ0) is 16.9. The second kappa shape index (κ2) is 6.99. The van der Waals surface area contributed by atoms with Crippen LogP contribution >= 0.6 is 0 Å². The number of halogens is 1. The molecule has 2 aromatic heterocycles. The first-order chi connectivity index (χ1) is 11.6. The summed E-state index contributed by atoms with van der Waals surface area (Å²) in [6, 6.07) is 10.9. The van der Waals surface area contributed by atoms with Gasteiger partial charge in [-0.3, -0.25) is 4.79 Å². The number of rotatable bonds is 5. The van der Waals surface area contributed by atoms with E-state index in [1.54, 1.807) is 24.4 Å². The molecule has 0 aliphatic heterocycles. The second-order valence-electron chi connectivity index (χ2n) is 5.24. The van der Waals surface area contributed by atoms with Crippen LogP contribution in [0.5, 0.6) is 0 Å². The predicted molar refractivity (Wildman–Crippen MR) is 89.1 cm³/mol. The lowest BCUT2D eigenvalue weighted by atomic mass is 10.1. The molecule has 3 aromatic rings. The standard InChI is InChI=1S/C17H16FN5O/c1-12-8-9-19-17(21-12)20-10-11-23-16(24)7-6-15(22-23)13-2-4-14(18)5-3-13/h2-9H,10-11H2,1H3,(H,19,20,21). The second-order valence-corrected chi connectivity index (χ2v) is 5.24. The number of hydrogen-bond donors (Lipinski definition) is 1. The van der Waals surface area contributed by atoms with Crippen LogP contribution in [0.4, 0.5) is 10.3 Å². The van der Waals surface area contributed by atoms with Crippen molar-refractivity contribution in [3.05, 3.63) is 70.5 Å². The zero-order valence-electron chi connectivity index (χ0n) is 13.1. The van der Waals surface area contributed by atoms with Crippen molar-refractivity contribution in [3.63, 3.8) is 0 Å². The van der Waals surface area contributed by atoms with Crippen LogP contribution in [0.15, 0.2) is 53.5 Å². The molecule has 0 amide bonds. The van der Waals surface area contributed by atoms with E-state index in [0.717, 1.165) is 11.3 Å². The molecule has 0 saturated heterocycles. The number of benzene rings is 1. The summed E-state index contributed by atoms with van der Waals surface area (Å²) in [5, 5.41) is 7.38. The smallest absolute Gasteiger partial charge is 0.266 e. The Morgan fingerprint density at radius 3 is 2.67 bits per heavy atom. The van der Waals surface area contributed by atoms with Gasteiger partial charge in [0.2, 0.25) is 5.95 Å². The summed E-state index contributed by atoms with van der Waals surface area (Å²) >= 11 is 0. The molecule has 0 bridgehead atoms. The minimum atomic E-state index is -0.311. The SMILES string of the molecule is Cc1ccnc(NCCn2nc(-c3ccc(F)cc3)ccc2=O)n1. The van der Waals surface area contributed by atoms with E-state index in [-0.39, 0.29) is 11.4 Å². The lowest BCUT2D eigenvalue weighted by molar-refractivity contribution is 0.599. The van der Waals surface area contributed by atoms with Crippen molar-refractivity contribution in [2.75, 3.05) is 11.9 Å². The highest BCUT2D eigenvalue weighted by molar-refractivity contribution is 5.57. The molecular formula is C17H16FN5O. The van der Waals surface area contributed by atoms with Crippen molar-refractivity contribution in [1.82, 2.24) is 19.7 Å². The van der Waals surface area contributed by atoms with Gasteiger partial charge in [0.05, 0.1) is 12.2 Å². The molecule has 3 rings (SSSR count). The quantitative estimate of drug-likeness (QED) is 0.779. The number of aromatic nitrogens is 4. The van der Waals surface area contributed by atoms with E-state index in [0.29, 0.717) is 24.7 Å². The van der Waals surface area contributed by atoms with Crippen LogP contribution in [0.3, 0.4) is 0 Å². The van der Waals surface area contributed by atoms with Crippen LogP contribution in [-0.2, 0) is 6.54 Å². The Hall–Kier alpha value is -3.09. The van der Waals surface area contributed by atoms with E-state index in [1.165, 1.54) is 22.9 Å². The van der Waals surface area contributed by atoms with Gasteiger partial charge in [0, 0.05) is 30.1 Å². The third kappa shape index (κ3) is 3.81. The molecule has 0 fully saturated rings. The maximum absolute atomic E-state index is 13.0. The van der Waals surface area contributed by atoms with Gasteiger partial charge >= 0.3 is 0 Å². The predicted octanol–water partition coefficient (Wildman–Crippen LogP) is 2.26. The summed E-state index contributed by atoms with van der Waals surface area (Å²) in [6.45, 7) is 2.71. The Morgan fingerprint density at radius 2 is 1.92 bits per heavy atom. The summed E-state index contributed by atoms with van der Waals surface area (Å²) in [4.78, 5) is 20.3. The van der Waals surface area contributed by atoms with E-state index in [2.05, 4.69) is 20.4 Å². The van der Waals surface area contributed by atoms with Crippen molar-refractivity contribution < 1.29 is 4.39 Å². The van der Waals surface area contributed by atoms with E-state index in [4.69, 9.17) is 0 Å². The number of nitrogens with zero attached hydrogens (tertiary/aromatic N) is 4. The Morgan fingerprint density at radius 1 is 1.12 bits per heavy atom. The third-order valence-corrected chi connectivity index (χ3v) is 3.41. The van der Waals surface area contributed by atoms with Crippen LogP contribution in [0, 0.1) is 12.7 Å². The molecule has 0 aliphatic carbocycles. The first-order valence-corrected chi connectivity index (χ1v) is 7.49. The first kappa shape index (κ1) is 15.8. The van der Waals surface area contributed by atoms with Crippen molar-refractivity contribution in [2.24, 2.45) is 0 Å². The van der Waals surface area contributed by atoms with Gasteiger partial charge in [-0.2, -0.15) is 5.10 Å². The number of aryl methyl sites for hydroxylation is 1. The Labute approximate surface area is 138 Å². The highest BCUT2D eigenvalue weighted by Crippen LogP contribution is 2.15. The minimum Gasteiger partial charge on any atom is -0.352 e. The molecule has 2 heterocycles. The van der Waals surface area contributed by atoms with E-state index < -0.39 is 0 Å². The van der Waals surface area contributed by atoms with Gasteiger partial charge in [-0.15, -0.1) is 0 Å². The molecule has 1 N–H and O–H groups in total. The fourth-order valence-corrected chi connectivity index (χ4v) is 2.19. The summed E-state index contributed by atoms with van der Waals surface area (Å²) in [7, 11) is 0. The zero-order valence-corrected chi connectivity index (χ0v) is 13.1. The normalized spacial score (nSPS) is 10.6. The van der Waals surface area contributed by atoms with Crippen LogP contribution in [-0.4, -0.2) is 26.3 Å². The first-order valence-electron chi connectivity index (χ1n) is 7.49. The monoisotopic (exact) mass is 325 g/mol. The molecule has 0 spiro atoms. The lowest BCUT2D eigenvalue weighted by Crippen LogP contribution is -2.26. The average molecular weight is 325 g/mol. The molecule has 24 heavy (non-hydrogen) atoms. The molecule has 7 heteroatoms. The van der Waals surface area contributed by atoms with Gasteiger partial charge in [0.1, 0.15) is 5.82 Å². The number of anilines is 1. The summed E-state index contributed by atoms with van der Waals surface area (Å²) in [5.41, 5.74) is 2.02. The van der Waals surface area contributed by atoms with Crippen molar-refractivity contribution >= 4 is 5.95 Å². The molecule has 6 nitrogen and oxygen atoms in total. The molecule has 0 saturated carbocycles. The van der Waals surface area contributed by atoms with Crippen molar-refractivity contribution in [1.29, 1.82) is 0 Å². The van der Waals surface area contributed by atoms with Crippen molar-refractivity contribution in [2.45, 2.75) is 13.5 Å². The molecular weight excluding hydrogens is 309 g/mol. The van der Waals surface area contributed by atoms with Gasteiger partial charge in [0.25, 0.3) is 5.56 Å². The van der Waals surface area contributed by atoms with Gasteiger partial charge in [0.15, 0.2) is 0 Å². The van der Waals surface area contributed by atoms with Crippen LogP contribution in [0.1, 0.15) is 5.69 Å². The fourth-order valence-electron chi connectivity index (χ4n) is 2.19. The van der Waals surface area contributed by atoms with Crippen LogP contribution < -0.4 is 10.9 Å². The maximum atomic E-state index is 13.0. The highest BCUT2D eigenvalue weighted by atomic mass is 19.1. The lowest BCUT2D eigenvalue weighted by Gasteiger charge is -2.08. The Kier molecular flexibility index (Phi) is 4.60. The van der Waals surface area contributed by atoms with Gasteiger partial charge in [-0.05, 0) is 43.3 Å². The minimum absolute atomic E-state index is 0.201. The van der Waals surface area contributed by atoms with Crippen molar-refractivity contribution in [3.8, 4) is 11.3 Å². The molecule has 0 radical (unpaired) electrons.